The lowest BCUT2D eigenvalue weighted by Crippen LogP contribution is -2.42. The molecule has 2 fully saturated rings. The Balaban J connectivity index is 0.000000925. The monoisotopic (exact) mass is 577 g/mol. The van der Waals surface area contributed by atoms with E-state index in [4.69, 9.17) is 32.7 Å². The Hall–Kier alpha value is -3.75. The van der Waals surface area contributed by atoms with Gasteiger partial charge in [-0.1, -0.05) is 18.2 Å². The molecule has 2 bridgehead atoms. The van der Waals surface area contributed by atoms with Crippen LogP contribution in [0.25, 0.3) is 21.8 Å². The fraction of sp³-hybridized carbons (Fsp3) is 0.300. The number of carbonyl (C=O) groups excluding carboxylic acids is 3. The van der Waals surface area contributed by atoms with Crippen molar-refractivity contribution in [2.45, 2.75) is 24.7 Å². The van der Waals surface area contributed by atoms with Gasteiger partial charge in [0.1, 0.15) is 17.2 Å². The number of pyridine rings is 2. The van der Waals surface area contributed by atoms with Crippen molar-refractivity contribution in [2.75, 3.05) is 24.5 Å². The number of aromatic nitrogens is 2. The van der Waals surface area contributed by atoms with Gasteiger partial charge in [0.15, 0.2) is 5.78 Å². The third kappa shape index (κ3) is 3.01. The number of ether oxygens (including phenoxy) is 2. The van der Waals surface area contributed by atoms with Crippen molar-refractivity contribution >= 4 is 68.3 Å². The maximum atomic E-state index is 14.3. The zero-order chi connectivity index (χ0) is 28.6. The Morgan fingerprint density at radius 1 is 0.775 bits per heavy atom. The van der Waals surface area contributed by atoms with Crippen LogP contribution < -0.4 is 14.4 Å². The highest BCUT2D eigenvalue weighted by atomic mass is 35.5. The van der Waals surface area contributed by atoms with Crippen molar-refractivity contribution in [3.05, 3.63) is 66.0 Å². The van der Waals surface area contributed by atoms with Gasteiger partial charge in [0.2, 0.25) is 11.8 Å². The fourth-order valence-corrected chi connectivity index (χ4v) is 7.40. The van der Waals surface area contributed by atoms with E-state index in [1.807, 2.05) is 38.1 Å². The summed E-state index contributed by atoms with van der Waals surface area (Å²) < 4.78 is 11.1. The van der Waals surface area contributed by atoms with Crippen LogP contribution in [0.4, 0.5) is 5.69 Å². The largest absolute Gasteiger partial charge is 0.494 e. The average molecular weight is 578 g/mol. The number of imide groups is 1. The highest BCUT2D eigenvalue weighted by Crippen LogP contribution is 2.69. The van der Waals surface area contributed by atoms with Gasteiger partial charge in [0, 0.05) is 23.2 Å². The van der Waals surface area contributed by atoms with Gasteiger partial charge in [-0.15, -0.1) is 23.2 Å². The van der Waals surface area contributed by atoms with Crippen molar-refractivity contribution in [3.8, 4) is 11.5 Å². The Kier molecular flexibility index (Phi) is 6.05. The highest BCUT2D eigenvalue weighted by Gasteiger charge is 2.79. The average Bonchev–Trinajstić information content (AvgIpc) is 3.42. The molecule has 4 aromatic rings. The second-order valence-electron chi connectivity index (χ2n) is 10.4. The van der Waals surface area contributed by atoms with Gasteiger partial charge < -0.3 is 9.47 Å². The Labute approximate surface area is 240 Å². The number of ketones is 1. The van der Waals surface area contributed by atoms with Crippen molar-refractivity contribution < 1.29 is 23.9 Å². The fourth-order valence-electron chi connectivity index (χ4n) is 7.40. The predicted octanol–water partition coefficient (Wildman–Crippen LogP) is 5.14. The molecule has 4 atom stereocenters. The molecule has 204 valence electrons. The van der Waals surface area contributed by atoms with Crippen LogP contribution in [0.3, 0.4) is 0 Å². The summed E-state index contributed by atoms with van der Waals surface area (Å²) in [5.74, 6) is -2.00. The number of halogens is 2. The van der Waals surface area contributed by atoms with Crippen molar-refractivity contribution in [2.24, 2.45) is 11.8 Å². The summed E-state index contributed by atoms with van der Waals surface area (Å²) in [6.07, 6.45) is 3.40. The highest BCUT2D eigenvalue weighted by molar-refractivity contribution is 6.40. The molecule has 2 amide bonds. The molecule has 2 aromatic heterocycles. The summed E-state index contributed by atoms with van der Waals surface area (Å²) in [7, 11) is 2.96. The number of anilines is 1. The molecular formula is C30H25Cl2N3O5. The molecule has 3 heterocycles. The van der Waals surface area contributed by atoms with Gasteiger partial charge in [-0.05, 0) is 49.2 Å². The third-order valence-corrected chi connectivity index (χ3v) is 8.79. The van der Waals surface area contributed by atoms with E-state index in [-0.39, 0.29) is 16.8 Å². The molecule has 1 saturated heterocycles. The number of carbonyl (C=O) groups is 3. The number of para-hydroxylation sites is 1. The first-order chi connectivity index (χ1) is 19.2. The number of rotatable bonds is 3. The number of benzene rings is 2. The maximum absolute atomic E-state index is 14.3. The van der Waals surface area contributed by atoms with Crippen molar-refractivity contribution in [1.29, 1.82) is 0 Å². The smallest absolute Gasteiger partial charge is 0.239 e. The molecular weight excluding hydrogens is 553 g/mol. The lowest BCUT2D eigenvalue weighted by atomic mass is 9.64. The summed E-state index contributed by atoms with van der Waals surface area (Å²) in [6, 6.07) is 12.6. The lowest BCUT2D eigenvalue weighted by molar-refractivity contribution is -0.131. The molecule has 0 unspecified atom stereocenters. The standard InChI is InChI=1S/C29H23N3O5.CH2Cl2/c1-28-18-14-8-6-12-30-22(14)23-15(9-7-13-31-23)19(18)29(2,27(28)35)21-20(28)25(33)32(26(21)34)24-16(36-3)10-5-11-17(24)37-4;2-1-3/h5-13,20-21H,1-4H3;1H2/t20-,21+,28+,29-;. The number of alkyl halides is 2. The van der Waals surface area contributed by atoms with Gasteiger partial charge in [-0.2, -0.15) is 0 Å². The number of methoxy groups -OCH3 is 2. The first-order valence-electron chi connectivity index (χ1n) is 12.6. The number of nitrogens with zero attached hydrogens (tertiary/aromatic N) is 3. The van der Waals surface area contributed by atoms with Crippen LogP contribution in [0.15, 0.2) is 54.9 Å². The molecule has 2 aliphatic carbocycles. The maximum Gasteiger partial charge on any atom is 0.239 e. The molecule has 7 rings (SSSR count). The van der Waals surface area contributed by atoms with E-state index in [0.29, 0.717) is 22.5 Å². The molecule has 1 aliphatic heterocycles. The van der Waals surface area contributed by atoms with Gasteiger partial charge in [0.25, 0.3) is 0 Å². The molecule has 40 heavy (non-hydrogen) atoms. The van der Waals surface area contributed by atoms with E-state index in [1.165, 1.54) is 19.1 Å². The molecule has 0 N–H and O–H groups in total. The molecule has 1 saturated carbocycles. The summed E-state index contributed by atoms with van der Waals surface area (Å²) in [6.45, 7) is 3.62. The molecule has 8 nitrogen and oxygen atoms in total. The Bertz CT molecular complexity index is 1640. The zero-order valence-corrected chi connectivity index (χ0v) is 23.7. The lowest BCUT2D eigenvalue weighted by Gasteiger charge is -2.34. The second kappa shape index (κ2) is 9.14. The number of amides is 2. The van der Waals surface area contributed by atoms with Crippen LogP contribution in [0.2, 0.25) is 0 Å². The number of fused-ring (bicyclic) bond motifs is 13. The van der Waals surface area contributed by atoms with E-state index < -0.39 is 34.5 Å². The molecule has 0 spiro atoms. The van der Waals surface area contributed by atoms with Crippen LogP contribution in [0.1, 0.15) is 25.0 Å². The van der Waals surface area contributed by atoms with E-state index in [2.05, 4.69) is 9.97 Å². The number of hydrogen-bond donors (Lipinski definition) is 0. The number of Topliss-reactive ketones (excluding diaryl/α,β-unsaturated/α-hetero) is 1. The van der Waals surface area contributed by atoms with Gasteiger partial charge in [-0.3, -0.25) is 24.4 Å². The minimum Gasteiger partial charge on any atom is -0.494 e. The van der Waals surface area contributed by atoms with Crippen molar-refractivity contribution in [3.63, 3.8) is 0 Å². The summed E-state index contributed by atoms with van der Waals surface area (Å²) in [4.78, 5) is 53.2. The predicted molar refractivity (Wildman–Crippen MR) is 152 cm³/mol. The van der Waals surface area contributed by atoms with E-state index in [9.17, 15) is 14.4 Å². The Morgan fingerprint density at radius 3 is 1.60 bits per heavy atom. The minimum atomic E-state index is -1.21. The third-order valence-electron chi connectivity index (χ3n) is 8.79. The normalized spacial score (nSPS) is 26.1. The minimum absolute atomic E-state index is 0.111. The van der Waals surface area contributed by atoms with E-state index in [1.54, 1.807) is 30.6 Å². The van der Waals surface area contributed by atoms with Crippen LogP contribution in [0.5, 0.6) is 11.5 Å². The number of hydrogen-bond acceptors (Lipinski definition) is 7. The second-order valence-corrected chi connectivity index (χ2v) is 11.2. The van der Waals surface area contributed by atoms with Gasteiger partial charge in [0.05, 0.1) is 53.3 Å². The summed E-state index contributed by atoms with van der Waals surface area (Å²) in [5, 5.41) is 1.77. The first-order valence-corrected chi connectivity index (χ1v) is 13.7. The Morgan fingerprint density at radius 2 is 1.20 bits per heavy atom. The van der Waals surface area contributed by atoms with Crippen molar-refractivity contribution in [1.82, 2.24) is 9.97 Å². The topological polar surface area (TPSA) is 98.7 Å². The van der Waals surface area contributed by atoms with Crippen LogP contribution >= 0.6 is 23.2 Å². The molecule has 2 aromatic carbocycles. The quantitative estimate of drug-likeness (QED) is 0.189. The first kappa shape index (κ1) is 26.5. The zero-order valence-electron chi connectivity index (χ0n) is 22.2. The summed E-state index contributed by atoms with van der Waals surface area (Å²) in [5.41, 5.74) is 0.753. The summed E-state index contributed by atoms with van der Waals surface area (Å²) >= 11 is 9.53. The SMILES string of the molecule is COc1cccc(OC)c1N1C(=O)[C@@H]2[C@H](C1=O)[C@@]1(C)C(=O)[C@]2(C)c2c1c1cccnc1c1ncccc21.ClCCl. The molecule has 0 radical (unpaired) electrons. The van der Waals surface area contributed by atoms with Crippen LogP contribution in [-0.4, -0.2) is 47.1 Å². The van der Waals surface area contributed by atoms with Crippen LogP contribution in [0, 0.1) is 11.8 Å². The van der Waals surface area contributed by atoms with Gasteiger partial charge >= 0.3 is 0 Å². The molecule has 3 aliphatic rings. The van der Waals surface area contributed by atoms with Crippen LogP contribution in [-0.2, 0) is 25.2 Å². The van der Waals surface area contributed by atoms with Gasteiger partial charge in [-0.25, -0.2) is 4.90 Å². The van der Waals surface area contributed by atoms with E-state index >= 15 is 0 Å². The molecule has 10 heteroatoms. The van der Waals surface area contributed by atoms with E-state index in [0.717, 1.165) is 21.9 Å².